The van der Waals surface area contributed by atoms with E-state index in [2.05, 4.69) is 10.1 Å². The first kappa shape index (κ1) is 11.2. The second-order valence-electron chi connectivity index (χ2n) is 4.95. The molecular formula is C13H15N3O2. The lowest BCUT2D eigenvalue weighted by atomic mass is 9.75. The standard InChI is InChI=1S/C13H15N3O2/c14-13(6-1-7-13)8-11-15-12(16-18-11)9-2-4-10(17)5-3-9/h2-5,17H,1,6-8,14H2. The Morgan fingerprint density at radius 2 is 2.00 bits per heavy atom. The van der Waals surface area contributed by atoms with Gasteiger partial charge in [-0.05, 0) is 43.5 Å². The van der Waals surface area contributed by atoms with Gasteiger partial charge in [-0.1, -0.05) is 5.16 Å². The maximum Gasteiger partial charge on any atom is 0.228 e. The van der Waals surface area contributed by atoms with Crippen molar-refractivity contribution < 1.29 is 9.63 Å². The number of aromatic hydroxyl groups is 1. The molecular weight excluding hydrogens is 230 g/mol. The third-order valence-electron chi connectivity index (χ3n) is 3.45. The highest BCUT2D eigenvalue weighted by Crippen LogP contribution is 2.32. The normalized spacial score (nSPS) is 17.4. The number of rotatable bonds is 3. The minimum absolute atomic E-state index is 0.154. The van der Waals surface area contributed by atoms with Crippen LogP contribution in [0.1, 0.15) is 25.2 Å². The molecule has 1 aliphatic rings. The first-order chi connectivity index (χ1) is 8.65. The summed E-state index contributed by atoms with van der Waals surface area (Å²) < 4.78 is 5.22. The van der Waals surface area contributed by atoms with Crippen molar-refractivity contribution in [2.75, 3.05) is 0 Å². The lowest BCUT2D eigenvalue weighted by molar-refractivity contribution is 0.222. The van der Waals surface area contributed by atoms with Crippen LogP contribution in [0.2, 0.25) is 0 Å². The Morgan fingerprint density at radius 1 is 1.28 bits per heavy atom. The lowest BCUT2D eigenvalue weighted by Crippen LogP contribution is -2.48. The van der Waals surface area contributed by atoms with E-state index in [9.17, 15) is 5.11 Å². The summed E-state index contributed by atoms with van der Waals surface area (Å²) in [5, 5.41) is 13.2. The van der Waals surface area contributed by atoms with Gasteiger partial charge in [-0.15, -0.1) is 0 Å². The molecule has 0 radical (unpaired) electrons. The quantitative estimate of drug-likeness (QED) is 0.862. The number of hydrogen-bond acceptors (Lipinski definition) is 5. The van der Waals surface area contributed by atoms with E-state index >= 15 is 0 Å². The summed E-state index contributed by atoms with van der Waals surface area (Å²) in [5.41, 5.74) is 6.81. The van der Waals surface area contributed by atoms with E-state index in [4.69, 9.17) is 10.3 Å². The minimum Gasteiger partial charge on any atom is -0.508 e. The first-order valence-electron chi connectivity index (χ1n) is 6.06. The zero-order valence-corrected chi connectivity index (χ0v) is 9.97. The first-order valence-corrected chi connectivity index (χ1v) is 6.06. The molecule has 1 aromatic heterocycles. The van der Waals surface area contributed by atoms with Gasteiger partial charge in [0.25, 0.3) is 0 Å². The molecule has 1 saturated carbocycles. The lowest BCUT2D eigenvalue weighted by Gasteiger charge is -2.36. The molecule has 0 amide bonds. The van der Waals surface area contributed by atoms with Crippen molar-refractivity contribution in [2.45, 2.75) is 31.2 Å². The van der Waals surface area contributed by atoms with Crippen molar-refractivity contribution in [3.63, 3.8) is 0 Å². The van der Waals surface area contributed by atoms with Gasteiger partial charge >= 0.3 is 0 Å². The van der Waals surface area contributed by atoms with Gasteiger partial charge in [0.15, 0.2) is 0 Å². The van der Waals surface area contributed by atoms with Crippen LogP contribution in [0.3, 0.4) is 0 Å². The van der Waals surface area contributed by atoms with Gasteiger partial charge in [0.05, 0.1) is 0 Å². The Kier molecular flexibility index (Phi) is 2.56. The monoisotopic (exact) mass is 245 g/mol. The van der Waals surface area contributed by atoms with E-state index in [-0.39, 0.29) is 11.3 Å². The number of benzene rings is 1. The van der Waals surface area contributed by atoms with Crippen molar-refractivity contribution in [3.8, 4) is 17.1 Å². The Hall–Kier alpha value is -1.88. The van der Waals surface area contributed by atoms with Crippen molar-refractivity contribution in [1.29, 1.82) is 0 Å². The molecule has 5 nitrogen and oxygen atoms in total. The van der Waals surface area contributed by atoms with Crippen LogP contribution in [0.5, 0.6) is 5.75 Å². The summed E-state index contributed by atoms with van der Waals surface area (Å²) >= 11 is 0. The van der Waals surface area contributed by atoms with Crippen LogP contribution in [0.15, 0.2) is 28.8 Å². The third-order valence-corrected chi connectivity index (χ3v) is 3.45. The van der Waals surface area contributed by atoms with E-state index in [0.717, 1.165) is 18.4 Å². The molecule has 0 atom stereocenters. The Morgan fingerprint density at radius 3 is 2.61 bits per heavy atom. The van der Waals surface area contributed by atoms with Crippen molar-refractivity contribution in [3.05, 3.63) is 30.2 Å². The molecule has 2 aromatic rings. The number of phenolic OH excluding ortho intramolecular Hbond substituents is 1. The molecule has 0 unspecified atom stereocenters. The predicted octanol–water partition coefficient (Wildman–Crippen LogP) is 1.87. The highest BCUT2D eigenvalue weighted by Gasteiger charge is 2.34. The maximum absolute atomic E-state index is 9.22. The Balaban J connectivity index is 1.78. The molecule has 1 heterocycles. The Labute approximate surface area is 105 Å². The van der Waals surface area contributed by atoms with Crippen LogP contribution in [0.25, 0.3) is 11.4 Å². The Bertz CT molecular complexity index is 544. The molecule has 3 N–H and O–H groups in total. The fraction of sp³-hybridized carbons (Fsp3) is 0.385. The van der Waals surface area contributed by atoms with Crippen molar-refractivity contribution in [1.82, 2.24) is 10.1 Å². The van der Waals surface area contributed by atoms with Gasteiger partial charge in [0, 0.05) is 17.5 Å². The zero-order chi connectivity index (χ0) is 12.6. The van der Waals surface area contributed by atoms with Crippen LogP contribution in [-0.2, 0) is 6.42 Å². The topological polar surface area (TPSA) is 85.2 Å². The largest absolute Gasteiger partial charge is 0.508 e. The van der Waals surface area contributed by atoms with Crippen molar-refractivity contribution >= 4 is 0 Å². The smallest absolute Gasteiger partial charge is 0.228 e. The second-order valence-corrected chi connectivity index (χ2v) is 4.95. The minimum atomic E-state index is -0.154. The number of phenols is 1. The number of aromatic nitrogens is 2. The van der Waals surface area contributed by atoms with Gasteiger partial charge in [-0.2, -0.15) is 4.98 Å². The van der Waals surface area contributed by atoms with Crippen molar-refractivity contribution in [2.24, 2.45) is 5.73 Å². The SMILES string of the molecule is NC1(Cc2nc(-c3ccc(O)cc3)no2)CCC1. The van der Waals surface area contributed by atoms with Gasteiger partial charge in [0.2, 0.25) is 11.7 Å². The number of nitrogens with two attached hydrogens (primary N) is 1. The van der Waals surface area contributed by atoms with Crippen LogP contribution in [0, 0.1) is 0 Å². The van der Waals surface area contributed by atoms with Gasteiger partial charge in [-0.3, -0.25) is 0 Å². The van der Waals surface area contributed by atoms with Gasteiger partial charge in [-0.25, -0.2) is 0 Å². The van der Waals surface area contributed by atoms with Crippen LogP contribution in [-0.4, -0.2) is 20.8 Å². The van der Waals surface area contributed by atoms with E-state index in [0.29, 0.717) is 18.1 Å². The summed E-state index contributed by atoms with van der Waals surface area (Å²) in [6, 6.07) is 6.71. The molecule has 0 aliphatic heterocycles. The molecule has 0 spiro atoms. The summed E-state index contributed by atoms with van der Waals surface area (Å²) in [7, 11) is 0. The second kappa shape index (κ2) is 4.10. The summed E-state index contributed by atoms with van der Waals surface area (Å²) in [4.78, 5) is 4.34. The summed E-state index contributed by atoms with van der Waals surface area (Å²) in [6.07, 6.45) is 3.85. The predicted molar refractivity (Wildman–Crippen MR) is 65.9 cm³/mol. The van der Waals surface area contributed by atoms with E-state index in [1.807, 2.05) is 0 Å². The fourth-order valence-corrected chi connectivity index (χ4v) is 2.16. The number of hydrogen-bond donors (Lipinski definition) is 2. The molecule has 5 heteroatoms. The van der Waals surface area contributed by atoms with Crippen LogP contribution < -0.4 is 5.73 Å². The summed E-state index contributed by atoms with van der Waals surface area (Å²) in [5.74, 6) is 1.34. The van der Waals surface area contributed by atoms with E-state index in [1.54, 1.807) is 24.3 Å². The van der Waals surface area contributed by atoms with Gasteiger partial charge in [0.1, 0.15) is 5.75 Å². The highest BCUT2D eigenvalue weighted by atomic mass is 16.5. The fourth-order valence-electron chi connectivity index (χ4n) is 2.16. The molecule has 1 fully saturated rings. The highest BCUT2D eigenvalue weighted by molar-refractivity contribution is 5.55. The summed E-state index contributed by atoms with van der Waals surface area (Å²) in [6.45, 7) is 0. The molecule has 0 saturated heterocycles. The molecule has 3 rings (SSSR count). The average molecular weight is 245 g/mol. The molecule has 1 aliphatic carbocycles. The molecule has 18 heavy (non-hydrogen) atoms. The van der Waals surface area contributed by atoms with Crippen LogP contribution >= 0.6 is 0 Å². The van der Waals surface area contributed by atoms with E-state index in [1.165, 1.54) is 6.42 Å². The third kappa shape index (κ3) is 2.09. The molecule has 0 bridgehead atoms. The molecule has 94 valence electrons. The molecule has 1 aromatic carbocycles. The van der Waals surface area contributed by atoms with E-state index < -0.39 is 0 Å². The zero-order valence-electron chi connectivity index (χ0n) is 9.97. The number of nitrogens with zero attached hydrogens (tertiary/aromatic N) is 2. The van der Waals surface area contributed by atoms with Gasteiger partial charge < -0.3 is 15.4 Å². The average Bonchev–Trinajstić information content (AvgIpc) is 2.76. The van der Waals surface area contributed by atoms with Crippen LogP contribution in [0.4, 0.5) is 0 Å². The maximum atomic E-state index is 9.22.